The van der Waals surface area contributed by atoms with Crippen LogP contribution in [-0.2, 0) is 0 Å². The second-order valence-corrected chi connectivity index (χ2v) is 6.11. The number of carbonyl (C=O) groups excluding carboxylic acids is 1. The summed E-state index contributed by atoms with van der Waals surface area (Å²) in [4.78, 5) is 28.3. The molecule has 0 aromatic carbocycles. The number of hydrogen-bond donors (Lipinski definition) is 1. The highest BCUT2D eigenvalue weighted by atomic mass is 16.1. The van der Waals surface area contributed by atoms with Gasteiger partial charge < -0.3 is 15.5 Å². The van der Waals surface area contributed by atoms with E-state index in [0.717, 1.165) is 43.1 Å². The van der Waals surface area contributed by atoms with Gasteiger partial charge in [0.2, 0.25) is 0 Å². The normalized spacial score (nSPS) is 15.3. The van der Waals surface area contributed by atoms with Crippen molar-refractivity contribution in [1.29, 1.82) is 0 Å². The number of hydrogen-bond acceptors (Lipinski definition) is 6. The highest BCUT2D eigenvalue weighted by Gasteiger charge is 2.24. The lowest BCUT2D eigenvalue weighted by molar-refractivity contribution is 0.0995. The molecule has 1 aliphatic heterocycles. The third kappa shape index (κ3) is 3.45. The smallest absolute Gasteiger partial charge is 0.267 e. The molecule has 2 aromatic rings. The van der Waals surface area contributed by atoms with Crippen molar-refractivity contribution in [3.63, 3.8) is 0 Å². The molecule has 0 saturated carbocycles. The van der Waals surface area contributed by atoms with Crippen molar-refractivity contribution < 1.29 is 4.79 Å². The number of rotatable bonds is 4. The maximum Gasteiger partial charge on any atom is 0.267 e. The standard InChI is InChI=1S/C17H22N6O/c1-12-9-16(21-11-20-12)22(2)13-4-7-23(8-5-13)14-3-6-19-15(10-14)17(18)24/h3,6,9-11,13H,4-5,7-8H2,1-2H3,(H2,18,24). The van der Waals surface area contributed by atoms with Gasteiger partial charge in [-0.25, -0.2) is 9.97 Å². The van der Waals surface area contributed by atoms with E-state index in [9.17, 15) is 4.79 Å². The van der Waals surface area contributed by atoms with Crippen LogP contribution in [0.2, 0.25) is 0 Å². The first-order chi connectivity index (χ1) is 11.5. The number of pyridine rings is 1. The zero-order chi connectivity index (χ0) is 17.1. The van der Waals surface area contributed by atoms with E-state index in [1.165, 1.54) is 0 Å². The molecule has 24 heavy (non-hydrogen) atoms. The Morgan fingerprint density at radius 2 is 2.00 bits per heavy atom. The van der Waals surface area contributed by atoms with E-state index in [-0.39, 0.29) is 0 Å². The fraction of sp³-hybridized carbons (Fsp3) is 0.412. The van der Waals surface area contributed by atoms with Crippen LogP contribution in [-0.4, -0.2) is 47.0 Å². The molecule has 0 spiro atoms. The Morgan fingerprint density at radius 3 is 2.67 bits per heavy atom. The third-order valence-corrected chi connectivity index (χ3v) is 4.52. The number of primary amides is 1. The van der Waals surface area contributed by atoms with Crippen LogP contribution in [0.15, 0.2) is 30.7 Å². The summed E-state index contributed by atoms with van der Waals surface area (Å²) in [6.45, 7) is 3.81. The predicted molar refractivity (Wildman–Crippen MR) is 93.2 cm³/mol. The van der Waals surface area contributed by atoms with Gasteiger partial charge in [-0.2, -0.15) is 0 Å². The molecular formula is C17H22N6O. The second-order valence-electron chi connectivity index (χ2n) is 6.11. The molecule has 1 saturated heterocycles. The molecule has 126 valence electrons. The molecule has 7 nitrogen and oxygen atoms in total. The first kappa shape index (κ1) is 16.2. The van der Waals surface area contributed by atoms with E-state index in [4.69, 9.17) is 5.73 Å². The Balaban J connectivity index is 1.65. The molecule has 0 bridgehead atoms. The van der Waals surface area contributed by atoms with Gasteiger partial charge >= 0.3 is 0 Å². The maximum absolute atomic E-state index is 11.3. The van der Waals surface area contributed by atoms with Crippen molar-refractivity contribution in [3.05, 3.63) is 42.1 Å². The van der Waals surface area contributed by atoms with Crippen LogP contribution >= 0.6 is 0 Å². The van der Waals surface area contributed by atoms with E-state index >= 15 is 0 Å². The molecular weight excluding hydrogens is 304 g/mol. The lowest BCUT2D eigenvalue weighted by Gasteiger charge is -2.38. The summed E-state index contributed by atoms with van der Waals surface area (Å²) in [6, 6.07) is 6.13. The van der Waals surface area contributed by atoms with Gasteiger partial charge in [0, 0.05) is 49.8 Å². The second kappa shape index (κ2) is 6.82. The first-order valence-corrected chi connectivity index (χ1v) is 8.07. The number of nitrogens with two attached hydrogens (primary N) is 1. The summed E-state index contributed by atoms with van der Waals surface area (Å²) in [5, 5.41) is 0. The highest BCUT2D eigenvalue weighted by molar-refractivity contribution is 5.91. The number of anilines is 2. The van der Waals surface area contributed by atoms with E-state index in [1.54, 1.807) is 18.6 Å². The van der Waals surface area contributed by atoms with Gasteiger partial charge in [0.15, 0.2) is 0 Å². The van der Waals surface area contributed by atoms with Gasteiger partial charge in [-0.15, -0.1) is 0 Å². The van der Waals surface area contributed by atoms with Crippen LogP contribution in [0, 0.1) is 6.92 Å². The van der Waals surface area contributed by atoms with Crippen molar-refractivity contribution in [1.82, 2.24) is 15.0 Å². The Labute approximate surface area is 141 Å². The van der Waals surface area contributed by atoms with E-state index < -0.39 is 5.91 Å². The van der Waals surface area contributed by atoms with Crippen LogP contribution < -0.4 is 15.5 Å². The lowest BCUT2D eigenvalue weighted by atomic mass is 10.0. The summed E-state index contributed by atoms with van der Waals surface area (Å²) in [5.74, 6) is 0.464. The Hall–Kier alpha value is -2.70. The van der Waals surface area contributed by atoms with E-state index in [0.29, 0.717) is 11.7 Å². The minimum Gasteiger partial charge on any atom is -0.371 e. The number of amides is 1. The summed E-state index contributed by atoms with van der Waals surface area (Å²) >= 11 is 0. The van der Waals surface area contributed by atoms with Gasteiger partial charge in [0.25, 0.3) is 5.91 Å². The van der Waals surface area contributed by atoms with Crippen molar-refractivity contribution in [2.24, 2.45) is 5.73 Å². The molecule has 0 atom stereocenters. The van der Waals surface area contributed by atoms with Crippen LogP contribution in [0.4, 0.5) is 11.5 Å². The SMILES string of the molecule is Cc1cc(N(C)C2CCN(c3ccnc(C(N)=O)c3)CC2)ncn1. The zero-order valence-electron chi connectivity index (χ0n) is 14.0. The molecule has 7 heteroatoms. The average Bonchev–Trinajstić information content (AvgIpc) is 2.61. The van der Waals surface area contributed by atoms with Crippen LogP contribution in [0.25, 0.3) is 0 Å². The van der Waals surface area contributed by atoms with Gasteiger partial charge in [-0.05, 0) is 31.9 Å². The van der Waals surface area contributed by atoms with Gasteiger partial charge in [0.1, 0.15) is 17.8 Å². The van der Waals surface area contributed by atoms with Crippen LogP contribution in [0.5, 0.6) is 0 Å². The van der Waals surface area contributed by atoms with Crippen molar-refractivity contribution in [3.8, 4) is 0 Å². The number of carbonyl (C=O) groups is 1. The summed E-state index contributed by atoms with van der Waals surface area (Å²) < 4.78 is 0. The highest BCUT2D eigenvalue weighted by Crippen LogP contribution is 2.24. The van der Waals surface area contributed by atoms with Crippen LogP contribution in [0.3, 0.4) is 0 Å². The van der Waals surface area contributed by atoms with Gasteiger partial charge in [0.05, 0.1) is 0 Å². The van der Waals surface area contributed by atoms with Crippen molar-refractivity contribution in [2.75, 3.05) is 29.9 Å². The minimum absolute atomic E-state index is 0.309. The largest absolute Gasteiger partial charge is 0.371 e. The summed E-state index contributed by atoms with van der Waals surface area (Å²) in [5.41, 5.74) is 7.59. The maximum atomic E-state index is 11.3. The number of aromatic nitrogens is 3. The first-order valence-electron chi connectivity index (χ1n) is 8.07. The summed E-state index contributed by atoms with van der Waals surface area (Å²) in [7, 11) is 2.08. The third-order valence-electron chi connectivity index (χ3n) is 4.52. The molecule has 2 aromatic heterocycles. The molecule has 3 heterocycles. The van der Waals surface area contributed by atoms with Crippen molar-refractivity contribution in [2.45, 2.75) is 25.8 Å². The molecule has 2 N–H and O–H groups in total. The number of piperidine rings is 1. The molecule has 1 amide bonds. The van der Waals surface area contributed by atoms with Gasteiger partial charge in [-0.3, -0.25) is 9.78 Å². The lowest BCUT2D eigenvalue weighted by Crippen LogP contribution is -2.44. The monoisotopic (exact) mass is 326 g/mol. The topological polar surface area (TPSA) is 88.2 Å². The Kier molecular flexibility index (Phi) is 4.59. The van der Waals surface area contributed by atoms with Crippen molar-refractivity contribution >= 4 is 17.4 Å². The van der Waals surface area contributed by atoms with E-state index in [2.05, 4.69) is 31.8 Å². The average molecular weight is 326 g/mol. The Morgan fingerprint density at radius 1 is 1.25 bits per heavy atom. The number of nitrogens with zero attached hydrogens (tertiary/aromatic N) is 5. The molecule has 1 aliphatic rings. The quantitative estimate of drug-likeness (QED) is 0.913. The predicted octanol–water partition coefficient (Wildman–Crippen LogP) is 1.38. The van der Waals surface area contributed by atoms with Crippen LogP contribution in [0.1, 0.15) is 29.0 Å². The molecule has 0 unspecified atom stereocenters. The molecule has 0 radical (unpaired) electrons. The fourth-order valence-corrected chi connectivity index (χ4v) is 3.08. The number of aryl methyl sites for hydroxylation is 1. The molecule has 1 fully saturated rings. The summed E-state index contributed by atoms with van der Waals surface area (Å²) in [6.07, 6.45) is 5.29. The van der Waals surface area contributed by atoms with Gasteiger partial charge in [-0.1, -0.05) is 0 Å². The molecule has 0 aliphatic carbocycles. The fourth-order valence-electron chi connectivity index (χ4n) is 3.08. The van der Waals surface area contributed by atoms with E-state index in [1.807, 2.05) is 19.1 Å². The zero-order valence-corrected chi connectivity index (χ0v) is 14.0. The Bertz CT molecular complexity index is 727. The minimum atomic E-state index is -0.495. The molecule has 3 rings (SSSR count).